The molecule has 0 heterocycles. The van der Waals surface area contributed by atoms with Gasteiger partial charge in [-0.25, -0.2) is 4.39 Å². The number of hydrogen-bond acceptors (Lipinski definition) is 2. The Balaban J connectivity index is 2.46. The summed E-state index contributed by atoms with van der Waals surface area (Å²) in [5.41, 5.74) is 0.732. The fourth-order valence-corrected chi connectivity index (χ4v) is 2.19. The van der Waals surface area contributed by atoms with Crippen molar-refractivity contribution >= 4 is 5.96 Å². The van der Waals surface area contributed by atoms with Crippen LogP contribution in [0.2, 0.25) is 0 Å². The molecule has 136 valence electrons. The first-order valence-electron chi connectivity index (χ1n) is 7.57. The van der Waals surface area contributed by atoms with Gasteiger partial charge >= 0.3 is 6.18 Å². The monoisotopic (exact) mass is 349 g/mol. The van der Waals surface area contributed by atoms with E-state index in [0.717, 1.165) is 5.56 Å². The van der Waals surface area contributed by atoms with Crippen molar-refractivity contribution in [2.45, 2.75) is 32.0 Å². The summed E-state index contributed by atoms with van der Waals surface area (Å²) in [6.07, 6.45) is -4.43. The van der Waals surface area contributed by atoms with Crippen molar-refractivity contribution in [1.82, 2.24) is 10.2 Å². The lowest BCUT2D eigenvalue weighted by Crippen LogP contribution is -2.38. The molecule has 0 spiro atoms. The Hall–Kier alpha value is -1.99. The first kappa shape index (κ1) is 20.1. The Kier molecular flexibility index (Phi) is 7.81. The predicted molar refractivity (Wildman–Crippen MR) is 85.7 cm³/mol. The lowest BCUT2D eigenvalue weighted by molar-refractivity contribution is -0.135. The quantitative estimate of drug-likeness (QED) is 0.354. The predicted octanol–water partition coefficient (Wildman–Crippen LogP) is 3.57. The summed E-state index contributed by atoms with van der Waals surface area (Å²) in [7, 11) is 4.76. The number of aliphatic imine (C=N–C) groups is 1. The average molecular weight is 349 g/mol. The van der Waals surface area contributed by atoms with Crippen LogP contribution >= 0.6 is 0 Å². The number of nitrogens with zero attached hydrogens (tertiary/aromatic N) is 2. The highest BCUT2D eigenvalue weighted by atomic mass is 19.4. The van der Waals surface area contributed by atoms with Gasteiger partial charge in [0.25, 0.3) is 0 Å². The molecule has 0 amide bonds. The van der Waals surface area contributed by atoms with Gasteiger partial charge in [-0.2, -0.15) is 13.2 Å². The molecule has 1 rings (SSSR count). The second-order valence-electron chi connectivity index (χ2n) is 5.37. The van der Waals surface area contributed by atoms with Crippen molar-refractivity contribution in [3.05, 3.63) is 29.6 Å². The number of unbranched alkanes of at least 4 members (excludes halogenated alkanes) is 1. The van der Waals surface area contributed by atoms with E-state index in [4.69, 9.17) is 4.74 Å². The van der Waals surface area contributed by atoms with Gasteiger partial charge in [-0.15, -0.1) is 0 Å². The van der Waals surface area contributed by atoms with Crippen LogP contribution in [0.4, 0.5) is 17.6 Å². The molecular formula is C16H23F4N3O. The molecule has 1 aromatic rings. The molecule has 0 saturated carbocycles. The summed E-state index contributed by atoms with van der Waals surface area (Å²) in [5, 5.41) is 3.00. The third kappa shape index (κ3) is 7.06. The number of methoxy groups -OCH3 is 1. The van der Waals surface area contributed by atoms with Crippen molar-refractivity contribution < 1.29 is 22.3 Å². The molecule has 0 fully saturated rings. The van der Waals surface area contributed by atoms with E-state index in [0.29, 0.717) is 25.5 Å². The van der Waals surface area contributed by atoms with Crippen molar-refractivity contribution in [2.75, 3.05) is 27.7 Å². The minimum absolute atomic E-state index is 0.0703. The molecule has 0 unspecified atom stereocenters. The van der Waals surface area contributed by atoms with Crippen LogP contribution in [0.25, 0.3) is 0 Å². The van der Waals surface area contributed by atoms with Crippen LogP contribution in [-0.2, 0) is 6.54 Å². The summed E-state index contributed by atoms with van der Waals surface area (Å²) < 4.78 is 54.8. The Morgan fingerprint density at radius 2 is 2.00 bits per heavy atom. The van der Waals surface area contributed by atoms with E-state index in [-0.39, 0.29) is 12.2 Å². The molecule has 4 nitrogen and oxygen atoms in total. The zero-order valence-corrected chi connectivity index (χ0v) is 14.1. The van der Waals surface area contributed by atoms with Gasteiger partial charge in [0.1, 0.15) is 0 Å². The third-order valence-corrected chi connectivity index (χ3v) is 3.38. The lowest BCUT2D eigenvalue weighted by Gasteiger charge is -2.22. The molecule has 0 aliphatic heterocycles. The molecule has 1 N–H and O–H groups in total. The molecule has 0 aliphatic rings. The lowest BCUT2D eigenvalue weighted by atomic mass is 10.2. The number of ether oxygens (including phenoxy) is 1. The Morgan fingerprint density at radius 3 is 2.54 bits per heavy atom. The second kappa shape index (κ2) is 9.34. The topological polar surface area (TPSA) is 36.9 Å². The summed E-state index contributed by atoms with van der Waals surface area (Å²) in [6.45, 7) is 0.799. The minimum atomic E-state index is -4.11. The highest BCUT2D eigenvalue weighted by Crippen LogP contribution is 2.22. The maximum atomic E-state index is 13.7. The number of alkyl halides is 3. The van der Waals surface area contributed by atoms with Gasteiger partial charge in [-0.1, -0.05) is 6.07 Å². The van der Waals surface area contributed by atoms with E-state index in [1.54, 1.807) is 31.1 Å². The number of guanidine groups is 1. The molecule has 24 heavy (non-hydrogen) atoms. The summed E-state index contributed by atoms with van der Waals surface area (Å²) >= 11 is 0. The van der Waals surface area contributed by atoms with Gasteiger partial charge in [0.15, 0.2) is 17.5 Å². The molecule has 0 bridgehead atoms. The van der Waals surface area contributed by atoms with Crippen LogP contribution in [-0.4, -0.2) is 44.8 Å². The van der Waals surface area contributed by atoms with Gasteiger partial charge in [0.2, 0.25) is 0 Å². The SMILES string of the molecule is CN=C(NCCCCC(F)(F)F)N(C)Cc1ccc(OC)c(F)c1. The summed E-state index contributed by atoms with van der Waals surface area (Å²) in [6, 6.07) is 4.67. The van der Waals surface area contributed by atoms with Crippen molar-refractivity contribution in [1.29, 1.82) is 0 Å². The molecule has 0 aromatic heterocycles. The van der Waals surface area contributed by atoms with Crippen LogP contribution in [0.1, 0.15) is 24.8 Å². The van der Waals surface area contributed by atoms with Crippen molar-refractivity contribution in [2.24, 2.45) is 4.99 Å². The normalized spacial score (nSPS) is 12.2. The van der Waals surface area contributed by atoms with E-state index < -0.39 is 18.4 Å². The van der Waals surface area contributed by atoms with Gasteiger partial charge in [0.05, 0.1) is 7.11 Å². The molecule has 1 aromatic carbocycles. The smallest absolute Gasteiger partial charge is 0.389 e. The van der Waals surface area contributed by atoms with Crippen LogP contribution in [0.15, 0.2) is 23.2 Å². The zero-order valence-electron chi connectivity index (χ0n) is 14.1. The highest BCUT2D eigenvalue weighted by Gasteiger charge is 2.25. The van der Waals surface area contributed by atoms with Crippen LogP contribution < -0.4 is 10.1 Å². The number of nitrogens with one attached hydrogen (secondary N) is 1. The van der Waals surface area contributed by atoms with Gasteiger partial charge in [-0.05, 0) is 30.5 Å². The Morgan fingerprint density at radius 1 is 1.29 bits per heavy atom. The number of hydrogen-bond donors (Lipinski definition) is 1. The maximum Gasteiger partial charge on any atom is 0.389 e. The van der Waals surface area contributed by atoms with E-state index >= 15 is 0 Å². The van der Waals surface area contributed by atoms with Crippen LogP contribution in [0.5, 0.6) is 5.75 Å². The van der Waals surface area contributed by atoms with E-state index in [1.165, 1.54) is 13.2 Å². The Bertz CT molecular complexity index is 547. The van der Waals surface area contributed by atoms with Gasteiger partial charge < -0.3 is 15.0 Å². The first-order chi connectivity index (χ1) is 11.3. The van der Waals surface area contributed by atoms with Gasteiger partial charge in [0, 0.05) is 33.6 Å². The fourth-order valence-electron chi connectivity index (χ4n) is 2.19. The van der Waals surface area contributed by atoms with Gasteiger partial charge in [-0.3, -0.25) is 4.99 Å². The highest BCUT2D eigenvalue weighted by molar-refractivity contribution is 5.79. The first-order valence-corrected chi connectivity index (χ1v) is 7.57. The van der Waals surface area contributed by atoms with E-state index in [1.807, 2.05) is 0 Å². The number of benzene rings is 1. The molecule has 0 saturated heterocycles. The average Bonchev–Trinajstić information content (AvgIpc) is 2.50. The van der Waals surface area contributed by atoms with Crippen molar-refractivity contribution in [3.8, 4) is 5.75 Å². The number of rotatable bonds is 7. The summed E-state index contributed by atoms with van der Waals surface area (Å²) in [5.74, 6) is 0.269. The molecular weight excluding hydrogens is 326 g/mol. The standard InChI is InChI=1S/C16H23F4N3O/c1-21-15(22-9-5-4-8-16(18,19)20)23(2)11-12-6-7-14(24-3)13(17)10-12/h6-7,10H,4-5,8-9,11H2,1-3H3,(H,21,22). The number of halogens is 4. The maximum absolute atomic E-state index is 13.7. The third-order valence-electron chi connectivity index (χ3n) is 3.38. The second-order valence-corrected chi connectivity index (χ2v) is 5.37. The minimum Gasteiger partial charge on any atom is -0.494 e. The van der Waals surface area contributed by atoms with Crippen molar-refractivity contribution in [3.63, 3.8) is 0 Å². The molecule has 0 radical (unpaired) electrons. The largest absolute Gasteiger partial charge is 0.494 e. The molecule has 0 aliphatic carbocycles. The molecule has 0 atom stereocenters. The van der Waals surface area contributed by atoms with E-state index in [9.17, 15) is 17.6 Å². The molecule has 8 heteroatoms. The van der Waals surface area contributed by atoms with E-state index in [2.05, 4.69) is 10.3 Å². The summed E-state index contributed by atoms with van der Waals surface area (Å²) in [4.78, 5) is 5.85. The zero-order chi connectivity index (χ0) is 18.2. The van der Waals surface area contributed by atoms with Crippen LogP contribution in [0.3, 0.4) is 0 Å². The van der Waals surface area contributed by atoms with Crippen LogP contribution in [0, 0.1) is 5.82 Å². The Labute approximate surface area is 139 Å². The fraction of sp³-hybridized carbons (Fsp3) is 0.562.